The minimum absolute atomic E-state index is 0.609. The van der Waals surface area contributed by atoms with Gasteiger partial charge in [0.2, 0.25) is 0 Å². The van der Waals surface area contributed by atoms with Crippen LogP contribution in [0.3, 0.4) is 0 Å². The monoisotopic (exact) mass is 251 g/mol. The molecule has 1 aromatic rings. The van der Waals surface area contributed by atoms with Crippen LogP contribution >= 0.6 is 24.0 Å². The van der Waals surface area contributed by atoms with E-state index in [4.69, 9.17) is 12.2 Å². The number of benzene rings is 1. The van der Waals surface area contributed by atoms with E-state index in [1.807, 2.05) is 18.2 Å². The van der Waals surface area contributed by atoms with Gasteiger partial charge in [-0.25, -0.2) is 0 Å². The smallest absolute Gasteiger partial charge is 0.138 e. The Labute approximate surface area is 107 Å². The Balaban J connectivity index is 1.80. The Hall–Kier alpha value is -0.540. The van der Waals surface area contributed by atoms with E-state index in [2.05, 4.69) is 17.4 Å². The third kappa shape index (κ3) is 3.80. The van der Waals surface area contributed by atoms with Crippen LogP contribution in [0.25, 0.3) is 0 Å². The summed E-state index contributed by atoms with van der Waals surface area (Å²) in [6.45, 7) is 0. The highest BCUT2D eigenvalue weighted by Gasteiger charge is 2.14. The van der Waals surface area contributed by atoms with E-state index in [0.29, 0.717) is 6.04 Å². The lowest BCUT2D eigenvalue weighted by Gasteiger charge is -2.23. The zero-order chi connectivity index (χ0) is 11.2. The zero-order valence-electron chi connectivity index (χ0n) is 9.32. The Bertz CT molecular complexity index is 331. The molecule has 86 valence electrons. The molecule has 1 nitrogen and oxygen atoms in total. The highest BCUT2D eigenvalue weighted by molar-refractivity contribution is 8.23. The van der Waals surface area contributed by atoms with Gasteiger partial charge in [0.1, 0.15) is 4.32 Å². The minimum Gasteiger partial charge on any atom is -0.368 e. The van der Waals surface area contributed by atoms with Gasteiger partial charge in [0, 0.05) is 10.9 Å². The lowest BCUT2D eigenvalue weighted by molar-refractivity contribution is 0.416. The Morgan fingerprint density at radius 2 is 1.81 bits per heavy atom. The van der Waals surface area contributed by atoms with E-state index >= 15 is 0 Å². The van der Waals surface area contributed by atoms with Crippen LogP contribution in [0.5, 0.6) is 0 Å². The van der Waals surface area contributed by atoms with Crippen molar-refractivity contribution in [2.45, 2.75) is 43.0 Å². The van der Waals surface area contributed by atoms with E-state index in [1.54, 1.807) is 11.8 Å². The fraction of sp³-hybridized carbons (Fsp3) is 0.462. The molecule has 1 aliphatic rings. The molecule has 16 heavy (non-hydrogen) atoms. The number of thioether (sulfide) groups is 1. The number of hydrogen-bond acceptors (Lipinski definition) is 2. The average Bonchev–Trinajstić information content (AvgIpc) is 2.31. The summed E-state index contributed by atoms with van der Waals surface area (Å²) in [4.78, 5) is 1.22. The van der Waals surface area contributed by atoms with Crippen molar-refractivity contribution >= 4 is 28.3 Å². The standard InChI is InChI=1S/C13H17NS2/c15-13(14-11-7-3-1-4-8-11)16-12-9-5-2-6-10-12/h2,5-6,9-11H,1,3-4,7-8H2,(H,14,15). The fourth-order valence-corrected chi connectivity index (χ4v) is 3.23. The van der Waals surface area contributed by atoms with Crippen molar-refractivity contribution in [2.24, 2.45) is 0 Å². The quantitative estimate of drug-likeness (QED) is 0.630. The van der Waals surface area contributed by atoms with Crippen molar-refractivity contribution in [1.82, 2.24) is 5.32 Å². The van der Waals surface area contributed by atoms with Crippen LogP contribution in [-0.2, 0) is 0 Å². The molecule has 1 fully saturated rings. The molecule has 0 saturated heterocycles. The summed E-state index contributed by atoms with van der Waals surface area (Å²) >= 11 is 7.03. The number of rotatable bonds is 2. The second-order valence-electron chi connectivity index (χ2n) is 4.18. The molecule has 2 rings (SSSR count). The first kappa shape index (κ1) is 11.9. The van der Waals surface area contributed by atoms with Crippen molar-refractivity contribution in [3.63, 3.8) is 0 Å². The summed E-state index contributed by atoms with van der Waals surface area (Å²) in [5, 5.41) is 3.46. The second-order valence-corrected chi connectivity index (χ2v) is 5.93. The van der Waals surface area contributed by atoms with Gasteiger partial charge in [0.05, 0.1) is 0 Å². The molecular formula is C13H17NS2. The summed E-state index contributed by atoms with van der Waals surface area (Å²) in [6, 6.07) is 10.9. The van der Waals surface area contributed by atoms with Crippen LogP contribution < -0.4 is 5.32 Å². The van der Waals surface area contributed by atoms with Crippen molar-refractivity contribution < 1.29 is 0 Å². The molecule has 3 heteroatoms. The maximum absolute atomic E-state index is 5.37. The molecule has 0 atom stereocenters. The normalized spacial score (nSPS) is 17.0. The lowest BCUT2D eigenvalue weighted by atomic mass is 9.96. The summed E-state index contributed by atoms with van der Waals surface area (Å²) in [6.07, 6.45) is 6.62. The molecule has 0 bridgehead atoms. The third-order valence-electron chi connectivity index (χ3n) is 2.88. The summed E-state index contributed by atoms with van der Waals surface area (Å²) in [7, 11) is 0. The van der Waals surface area contributed by atoms with Crippen LogP contribution in [-0.4, -0.2) is 10.4 Å². The maximum Gasteiger partial charge on any atom is 0.138 e. The summed E-state index contributed by atoms with van der Waals surface area (Å²) in [5.41, 5.74) is 0. The SMILES string of the molecule is S=C(NC1CCCCC1)Sc1ccccc1. The molecule has 0 aliphatic heterocycles. The molecule has 1 aromatic carbocycles. The topological polar surface area (TPSA) is 12.0 Å². The Kier molecular flexibility index (Phi) is 4.67. The van der Waals surface area contributed by atoms with Crippen molar-refractivity contribution in [3.8, 4) is 0 Å². The predicted molar refractivity (Wildman–Crippen MR) is 74.9 cm³/mol. The molecule has 1 saturated carbocycles. The molecule has 0 amide bonds. The van der Waals surface area contributed by atoms with Crippen LogP contribution in [0.15, 0.2) is 35.2 Å². The van der Waals surface area contributed by atoms with Crippen LogP contribution in [0.2, 0.25) is 0 Å². The summed E-state index contributed by atoms with van der Waals surface area (Å²) in [5.74, 6) is 0. The molecule has 0 aromatic heterocycles. The molecular weight excluding hydrogens is 234 g/mol. The van der Waals surface area contributed by atoms with Gasteiger partial charge in [0.25, 0.3) is 0 Å². The van der Waals surface area contributed by atoms with Gasteiger partial charge in [-0.1, -0.05) is 61.4 Å². The van der Waals surface area contributed by atoms with Crippen molar-refractivity contribution in [3.05, 3.63) is 30.3 Å². The minimum atomic E-state index is 0.609. The van der Waals surface area contributed by atoms with Crippen LogP contribution in [0.1, 0.15) is 32.1 Å². The molecule has 0 unspecified atom stereocenters. The molecule has 0 spiro atoms. The van der Waals surface area contributed by atoms with Gasteiger partial charge in [-0.2, -0.15) is 0 Å². The molecule has 1 aliphatic carbocycles. The van der Waals surface area contributed by atoms with Crippen LogP contribution in [0.4, 0.5) is 0 Å². The third-order valence-corrected chi connectivity index (χ3v) is 4.06. The van der Waals surface area contributed by atoms with Gasteiger partial charge in [-0.15, -0.1) is 0 Å². The van der Waals surface area contributed by atoms with Gasteiger partial charge in [0.15, 0.2) is 0 Å². The number of nitrogens with one attached hydrogen (secondary N) is 1. The van der Waals surface area contributed by atoms with Gasteiger partial charge in [-0.05, 0) is 25.0 Å². The zero-order valence-corrected chi connectivity index (χ0v) is 10.9. The second kappa shape index (κ2) is 6.26. The van der Waals surface area contributed by atoms with E-state index in [1.165, 1.54) is 37.0 Å². The van der Waals surface area contributed by atoms with Gasteiger partial charge in [-0.3, -0.25) is 0 Å². The lowest BCUT2D eigenvalue weighted by Crippen LogP contribution is -2.33. The van der Waals surface area contributed by atoms with Crippen molar-refractivity contribution in [1.29, 1.82) is 0 Å². The largest absolute Gasteiger partial charge is 0.368 e. The molecule has 0 heterocycles. The van der Waals surface area contributed by atoms with E-state index in [0.717, 1.165) is 4.32 Å². The Morgan fingerprint density at radius 3 is 2.50 bits per heavy atom. The van der Waals surface area contributed by atoms with E-state index in [-0.39, 0.29) is 0 Å². The fourth-order valence-electron chi connectivity index (χ4n) is 2.04. The number of hydrogen-bond donors (Lipinski definition) is 1. The molecule has 0 radical (unpaired) electrons. The van der Waals surface area contributed by atoms with Crippen molar-refractivity contribution in [2.75, 3.05) is 0 Å². The first-order valence-electron chi connectivity index (χ1n) is 5.88. The summed E-state index contributed by atoms with van der Waals surface area (Å²) < 4.78 is 0.915. The van der Waals surface area contributed by atoms with Gasteiger partial charge < -0.3 is 5.32 Å². The first-order valence-corrected chi connectivity index (χ1v) is 7.10. The van der Waals surface area contributed by atoms with E-state index in [9.17, 15) is 0 Å². The Morgan fingerprint density at radius 1 is 1.12 bits per heavy atom. The first-order chi connectivity index (χ1) is 7.84. The highest BCUT2D eigenvalue weighted by Crippen LogP contribution is 2.21. The molecule has 1 N–H and O–H groups in total. The predicted octanol–water partition coefficient (Wildman–Crippen LogP) is 3.99. The number of thiocarbonyl (C=S) groups is 1. The van der Waals surface area contributed by atoms with Crippen LogP contribution in [0, 0.1) is 0 Å². The van der Waals surface area contributed by atoms with E-state index < -0.39 is 0 Å². The maximum atomic E-state index is 5.37. The van der Waals surface area contributed by atoms with Gasteiger partial charge >= 0.3 is 0 Å². The average molecular weight is 251 g/mol. The highest BCUT2D eigenvalue weighted by atomic mass is 32.2.